The van der Waals surface area contributed by atoms with Crippen molar-refractivity contribution < 1.29 is 23.1 Å². The van der Waals surface area contributed by atoms with Crippen LogP contribution in [0.25, 0.3) is 10.2 Å². The van der Waals surface area contributed by atoms with Crippen molar-refractivity contribution in [3.63, 3.8) is 0 Å². The summed E-state index contributed by atoms with van der Waals surface area (Å²) in [6.45, 7) is 6.19. The van der Waals surface area contributed by atoms with Gasteiger partial charge in [0.15, 0.2) is 11.6 Å². The third-order valence-electron chi connectivity index (χ3n) is 4.81. The first-order valence-electron chi connectivity index (χ1n) is 10.1. The van der Waals surface area contributed by atoms with Gasteiger partial charge < -0.3 is 9.64 Å². The van der Waals surface area contributed by atoms with E-state index in [1.807, 2.05) is 24.3 Å². The Bertz CT molecular complexity index is 1080. The van der Waals surface area contributed by atoms with Gasteiger partial charge in [-0.05, 0) is 42.7 Å². The van der Waals surface area contributed by atoms with Crippen LogP contribution < -0.4 is 4.90 Å². The highest BCUT2D eigenvalue weighted by atomic mass is 32.1. The van der Waals surface area contributed by atoms with Crippen LogP contribution in [-0.4, -0.2) is 23.5 Å². The van der Waals surface area contributed by atoms with Crippen LogP contribution in [0, 0.1) is 11.6 Å². The SMILES string of the molecule is CCOC(=O)CCC(=O)N(Cc1nc2ccc(F)c(F)c2s1)c1ccc(C(C)C)cc1. The molecule has 3 rings (SSSR count). The topological polar surface area (TPSA) is 59.5 Å². The smallest absolute Gasteiger partial charge is 0.306 e. The van der Waals surface area contributed by atoms with Gasteiger partial charge in [-0.2, -0.15) is 0 Å². The Morgan fingerprint density at radius 2 is 1.81 bits per heavy atom. The standard InChI is InChI=1S/C23H24F2N2O3S/c1-4-30-21(29)12-11-20(28)27(16-7-5-15(6-8-16)14(2)3)13-19-26-18-10-9-17(24)22(25)23(18)31-19/h5-10,14H,4,11-13H2,1-3H3. The van der Waals surface area contributed by atoms with E-state index in [-0.39, 0.29) is 36.6 Å². The zero-order valence-electron chi connectivity index (χ0n) is 17.7. The predicted octanol–water partition coefficient (Wildman–Crippen LogP) is 5.57. The molecule has 8 heteroatoms. The molecule has 31 heavy (non-hydrogen) atoms. The molecule has 3 aromatic rings. The van der Waals surface area contributed by atoms with Gasteiger partial charge in [-0.15, -0.1) is 11.3 Å². The average molecular weight is 447 g/mol. The van der Waals surface area contributed by atoms with Crippen molar-refractivity contribution in [2.75, 3.05) is 11.5 Å². The molecule has 0 aliphatic carbocycles. The summed E-state index contributed by atoms with van der Waals surface area (Å²) in [6.07, 6.45) is -0.0639. The second-order valence-electron chi connectivity index (χ2n) is 7.35. The molecule has 0 bridgehead atoms. The lowest BCUT2D eigenvalue weighted by atomic mass is 10.0. The number of carbonyl (C=O) groups excluding carboxylic acids is 2. The fraction of sp³-hybridized carbons (Fsp3) is 0.348. The minimum Gasteiger partial charge on any atom is -0.466 e. The van der Waals surface area contributed by atoms with E-state index in [1.165, 1.54) is 11.0 Å². The minimum atomic E-state index is -0.942. The van der Waals surface area contributed by atoms with Crippen molar-refractivity contribution in [2.24, 2.45) is 0 Å². The van der Waals surface area contributed by atoms with E-state index in [0.29, 0.717) is 22.1 Å². The van der Waals surface area contributed by atoms with Crippen molar-refractivity contribution in [1.29, 1.82) is 0 Å². The van der Waals surface area contributed by atoms with Crippen LogP contribution in [0.4, 0.5) is 14.5 Å². The molecule has 1 aromatic heterocycles. The Morgan fingerprint density at radius 3 is 2.45 bits per heavy atom. The number of benzene rings is 2. The maximum absolute atomic E-state index is 14.1. The molecule has 5 nitrogen and oxygen atoms in total. The van der Waals surface area contributed by atoms with Crippen LogP contribution in [-0.2, 0) is 20.9 Å². The first-order valence-corrected chi connectivity index (χ1v) is 10.9. The molecule has 164 valence electrons. The maximum Gasteiger partial charge on any atom is 0.306 e. The molecule has 0 saturated carbocycles. The molecule has 0 aliphatic rings. The maximum atomic E-state index is 14.1. The van der Waals surface area contributed by atoms with Gasteiger partial charge in [0.1, 0.15) is 5.01 Å². The summed E-state index contributed by atoms with van der Waals surface area (Å²) in [7, 11) is 0. The minimum absolute atomic E-state index is 0.0291. The number of nitrogens with zero attached hydrogens (tertiary/aromatic N) is 2. The molecule has 0 atom stereocenters. The predicted molar refractivity (Wildman–Crippen MR) is 117 cm³/mol. The number of halogens is 2. The summed E-state index contributed by atoms with van der Waals surface area (Å²) in [5, 5.41) is 0.469. The van der Waals surface area contributed by atoms with E-state index < -0.39 is 17.6 Å². The normalized spacial score (nSPS) is 11.2. The fourth-order valence-electron chi connectivity index (χ4n) is 3.12. The van der Waals surface area contributed by atoms with Crippen molar-refractivity contribution in [3.8, 4) is 0 Å². The Labute approximate surface area is 183 Å². The van der Waals surface area contributed by atoms with Crippen LogP contribution in [0.2, 0.25) is 0 Å². The summed E-state index contributed by atoms with van der Waals surface area (Å²) in [5.74, 6) is -2.26. The molecule has 0 unspecified atom stereocenters. The van der Waals surface area contributed by atoms with Gasteiger partial charge in [-0.25, -0.2) is 13.8 Å². The lowest BCUT2D eigenvalue weighted by Crippen LogP contribution is -2.30. The van der Waals surface area contributed by atoms with E-state index in [2.05, 4.69) is 18.8 Å². The molecule has 0 N–H and O–H groups in total. The number of amides is 1. The lowest BCUT2D eigenvalue weighted by molar-refractivity contribution is -0.144. The van der Waals surface area contributed by atoms with E-state index in [1.54, 1.807) is 6.92 Å². The number of carbonyl (C=O) groups is 2. The fourth-order valence-corrected chi connectivity index (χ4v) is 4.10. The number of anilines is 1. The number of ether oxygens (including phenoxy) is 1. The number of rotatable bonds is 8. The highest BCUT2D eigenvalue weighted by Crippen LogP contribution is 2.29. The molecule has 0 aliphatic heterocycles. The molecule has 1 amide bonds. The number of hydrogen-bond donors (Lipinski definition) is 0. The zero-order chi connectivity index (χ0) is 22.5. The van der Waals surface area contributed by atoms with Crippen molar-refractivity contribution >= 4 is 39.1 Å². The van der Waals surface area contributed by atoms with Gasteiger partial charge in [0.2, 0.25) is 5.91 Å². The van der Waals surface area contributed by atoms with E-state index in [4.69, 9.17) is 4.74 Å². The number of fused-ring (bicyclic) bond motifs is 1. The van der Waals surface area contributed by atoms with Gasteiger partial charge >= 0.3 is 5.97 Å². The Balaban J connectivity index is 1.88. The van der Waals surface area contributed by atoms with E-state index in [9.17, 15) is 18.4 Å². The van der Waals surface area contributed by atoms with Gasteiger partial charge in [0, 0.05) is 12.1 Å². The Morgan fingerprint density at radius 1 is 1.10 bits per heavy atom. The van der Waals surface area contributed by atoms with Crippen LogP contribution >= 0.6 is 11.3 Å². The highest BCUT2D eigenvalue weighted by molar-refractivity contribution is 7.18. The van der Waals surface area contributed by atoms with Crippen LogP contribution in [0.1, 0.15) is 50.1 Å². The highest BCUT2D eigenvalue weighted by Gasteiger charge is 2.21. The van der Waals surface area contributed by atoms with Gasteiger partial charge in [0.25, 0.3) is 0 Å². The molecular weight excluding hydrogens is 422 g/mol. The molecular formula is C23H24F2N2O3S. The van der Waals surface area contributed by atoms with Crippen LogP contribution in [0.3, 0.4) is 0 Å². The molecule has 0 fully saturated rings. The molecule has 2 aromatic carbocycles. The number of esters is 1. The molecule has 0 spiro atoms. The van der Waals surface area contributed by atoms with Gasteiger partial charge in [-0.1, -0.05) is 26.0 Å². The Kier molecular flexibility index (Phi) is 7.33. The van der Waals surface area contributed by atoms with Crippen molar-refractivity contribution in [1.82, 2.24) is 4.98 Å². The summed E-state index contributed by atoms with van der Waals surface area (Å²) >= 11 is 1.01. The molecule has 0 saturated heterocycles. The third-order valence-corrected chi connectivity index (χ3v) is 5.86. The second kappa shape index (κ2) is 9.96. The molecule has 1 heterocycles. The van der Waals surface area contributed by atoms with E-state index >= 15 is 0 Å². The zero-order valence-corrected chi connectivity index (χ0v) is 18.5. The monoisotopic (exact) mass is 446 g/mol. The Hall–Kier alpha value is -2.87. The van der Waals surface area contributed by atoms with Gasteiger partial charge in [-0.3, -0.25) is 9.59 Å². The summed E-state index contributed by atoms with van der Waals surface area (Å²) in [4.78, 5) is 30.5. The van der Waals surface area contributed by atoms with Crippen LogP contribution in [0.15, 0.2) is 36.4 Å². The third kappa shape index (κ3) is 5.44. The number of thiazole rings is 1. The van der Waals surface area contributed by atoms with Crippen molar-refractivity contribution in [3.05, 3.63) is 58.6 Å². The molecule has 0 radical (unpaired) electrons. The quantitative estimate of drug-likeness (QED) is 0.424. The summed E-state index contributed by atoms with van der Waals surface area (Å²) in [5.41, 5.74) is 2.11. The second-order valence-corrected chi connectivity index (χ2v) is 8.43. The van der Waals surface area contributed by atoms with Gasteiger partial charge in [0.05, 0.1) is 29.8 Å². The lowest BCUT2D eigenvalue weighted by Gasteiger charge is -2.22. The first kappa shape index (κ1) is 22.8. The van der Waals surface area contributed by atoms with E-state index in [0.717, 1.165) is 23.0 Å². The largest absolute Gasteiger partial charge is 0.466 e. The number of aromatic nitrogens is 1. The average Bonchev–Trinajstić information content (AvgIpc) is 3.17. The van der Waals surface area contributed by atoms with Crippen molar-refractivity contribution in [2.45, 2.75) is 46.1 Å². The summed E-state index contributed by atoms with van der Waals surface area (Å²) in [6, 6.07) is 10.0. The first-order chi connectivity index (χ1) is 14.8. The number of hydrogen-bond acceptors (Lipinski definition) is 5. The summed E-state index contributed by atoms with van der Waals surface area (Å²) < 4.78 is 32.7. The van der Waals surface area contributed by atoms with Crippen LogP contribution in [0.5, 0.6) is 0 Å².